The van der Waals surface area contributed by atoms with E-state index in [2.05, 4.69) is 6.58 Å². The number of carbonyl (C=O) groups excluding carboxylic acids is 2. The fourth-order valence-electron chi connectivity index (χ4n) is 5.58. The standard InChI is InChI=1S/C23H28N2O5S/c1-3-11-24(12-15-7-5-4-6-8-15)21(28)19-23-10-9-16(31-23)17(22(29)30)18(23)20(27)25(19)14(2)13-26/h3-8,14,16-19,26H,1,9-13H2,2H3,(H,29,30)/t14-,16-,17+,18+,19?,23?/m1/s1. The predicted octanol–water partition coefficient (Wildman–Crippen LogP) is 1.76. The van der Waals surface area contributed by atoms with Crippen LogP contribution in [-0.2, 0) is 20.9 Å². The van der Waals surface area contributed by atoms with Gasteiger partial charge in [0, 0.05) is 18.3 Å². The number of benzene rings is 1. The number of hydrogen-bond donors (Lipinski definition) is 2. The minimum absolute atomic E-state index is 0.157. The van der Waals surface area contributed by atoms with Crippen molar-refractivity contribution in [2.24, 2.45) is 11.8 Å². The summed E-state index contributed by atoms with van der Waals surface area (Å²) < 4.78 is -0.762. The zero-order valence-corrected chi connectivity index (χ0v) is 18.3. The van der Waals surface area contributed by atoms with E-state index in [4.69, 9.17) is 0 Å². The molecule has 0 aromatic heterocycles. The first-order valence-corrected chi connectivity index (χ1v) is 11.5. The zero-order chi connectivity index (χ0) is 22.3. The van der Waals surface area contributed by atoms with Gasteiger partial charge in [-0.2, -0.15) is 0 Å². The highest BCUT2D eigenvalue weighted by Crippen LogP contribution is 2.66. The maximum atomic E-state index is 14.0. The van der Waals surface area contributed by atoms with Crippen molar-refractivity contribution in [1.82, 2.24) is 9.80 Å². The molecule has 3 saturated heterocycles. The van der Waals surface area contributed by atoms with Gasteiger partial charge in [-0.25, -0.2) is 0 Å². The number of carboxylic acids is 1. The second-order valence-corrected chi connectivity index (χ2v) is 10.3. The molecule has 166 valence electrons. The zero-order valence-electron chi connectivity index (χ0n) is 17.5. The van der Waals surface area contributed by atoms with Crippen LogP contribution in [0, 0.1) is 11.8 Å². The highest BCUT2D eigenvalue weighted by molar-refractivity contribution is 8.02. The largest absolute Gasteiger partial charge is 0.481 e. The Labute approximate surface area is 186 Å². The average molecular weight is 445 g/mol. The number of hydrogen-bond acceptors (Lipinski definition) is 5. The summed E-state index contributed by atoms with van der Waals surface area (Å²) in [7, 11) is 0. The van der Waals surface area contributed by atoms with E-state index >= 15 is 0 Å². The highest BCUT2D eigenvalue weighted by Gasteiger charge is 2.74. The summed E-state index contributed by atoms with van der Waals surface area (Å²) in [5.74, 6) is -3.04. The van der Waals surface area contributed by atoms with Crippen molar-refractivity contribution < 1.29 is 24.6 Å². The number of carboxylic acid groups (broad SMARTS) is 1. The minimum atomic E-state index is -0.977. The van der Waals surface area contributed by atoms with Gasteiger partial charge in [0.1, 0.15) is 6.04 Å². The lowest BCUT2D eigenvalue weighted by atomic mass is 9.71. The van der Waals surface area contributed by atoms with Gasteiger partial charge in [0.25, 0.3) is 0 Å². The van der Waals surface area contributed by atoms with E-state index in [1.54, 1.807) is 17.9 Å². The highest BCUT2D eigenvalue weighted by atomic mass is 32.2. The number of amides is 2. The van der Waals surface area contributed by atoms with Crippen molar-refractivity contribution in [2.75, 3.05) is 13.2 Å². The van der Waals surface area contributed by atoms with Crippen LogP contribution in [0.2, 0.25) is 0 Å². The molecule has 3 aliphatic heterocycles. The van der Waals surface area contributed by atoms with Crippen LogP contribution in [0.4, 0.5) is 0 Å². The van der Waals surface area contributed by atoms with Crippen LogP contribution in [0.5, 0.6) is 0 Å². The number of aliphatic hydroxyl groups is 1. The van der Waals surface area contributed by atoms with Crippen molar-refractivity contribution in [3.05, 3.63) is 48.6 Å². The molecular formula is C23H28N2O5S. The number of rotatable bonds is 8. The minimum Gasteiger partial charge on any atom is -0.481 e. The summed E-state index contributed by atoms with van der Waals surface area (Å²) in [6, 6.07) is 8.24. The van der Waals surface area contributed by atoms with Crippen LogP contribution < -0.4 is 0 Å². The Kier molecular flexibility index (Phi) is 5.87. The smallest absolute Gasteiger partial charge is 0.308 e. The quantitative estimate of drug-likeness (QED) is 0.593. The molecule has 3 heterocycles. The lowest BCUT2D eigenvalue weighted by Crippen LogP contribution is -2.56. The molecule has 2 unspecified atom stereocenters. The molecule has 2 amide bonds. The fraction of sp³-hybridized carbons (Fsp3) is 0.522. The molecule has 3 fully saturated rings. The molecule has 0 saturated carbocycles. The van der Waals surface area contributed by atoms with Crippen LogP contribution in [0.15, 0.2) is 43.0 Å². The maximum Gasteiger partial charge on any atom is 0.308 e. The molecular weight excluding hydrogens is 416 g/mol. The topological polar surface area (TPSA) is 98.2 Å². The lowest BCUT2D eigenvalue weighted by Gasteiger charge is -2.38. The van der Waals surface area contributed by atoms with Crippen LogP contribution in [0.1, 0.15) is 25.3 Å². The Morgan fingerprint density at radius 3 is 2.71 bits per heavy atom. The molecule has 31 heavy (non-hydrogen) atoms. The van der Waals surface area contributed by atoms with Crippen molar-refractivity contribution in [3.63, 3.8) is 0 Å². The number of nitrogens with zero attached hydrogens (tertiary/aromatic N) is 2. The summed E-state index contributed by atoms with van der Waals surface area (Å²) in [4.78, 5) is 42.6. The number of thioether (sulfide) groups is 1. The lowest BCUT2D eigenvalue weighted by molar-refractivity contribution is -0.149. The number of fused-ring (bicyclic) bond motifs is 1. The normalized spacial score (nSPS) is 32.1. The van der Waals surface area contributed by atoms with E-state index in [1.807, 2.05) is 30.3 Å². The molecule has 7 nitrogen and oxygen atoms in total. The Bertz CT molecular complexity index is 893. The van der Waals surface area contributed by atoms with Crippen LogP contribution >= 0.6 is 11.8 Å². The van der Waals surface area contributed by atoms with Gasteiger partial charge in [-0.1, -0.05) is 36.4 Å². The van der Waals surface area contributed by atoms with E-state index in [1.165, 1.54) is 16.7 Å². The molecule has 8 heteroatoms. The van der Waals surface area contributed by atoms with Gasteiger partial charge in [0.15, 0.2) is 0 Å². The molecule has 4 rings (SSSR count). The third-order valence-electron chi connectivity index (χ3n) is 6.87. The summed E-state index contributed by atoms with van der Waals surface area (Å²) in [5.41, 5.74) is 0.963. The molecule has 0 radical (unpaired) electrons. The molecule has 6 atom stereocenters. The molecule has 1 spiro atoms. The van der Waals surface area contributed by atoms with Gasteiger partial charge in [-0.3, -0.25) is 14.4 Å². The predicted molar refractivity (Wildman–Crippen MR) is 117 cm³/mol. The monoisotopic (exact) mass is 444 g/mol. The van der Waals surface area contributed by atoms with Gasteiger partial charge in [-0.05, 0) is 25.3 Å². The van der Waals surface area contributed by atoms with Crippen molar-refractivity contribution in [3.8, 4) is 0 Å². The number of likely N-dealkylation sites (tertiary alicyclic amines) is 1. The fourth-order valence-corrected chi connectivity index (χ4v) is 7.77. The Morgan fingerprint density at radius 2 is 2.10 bits per heavy atom. The first-order valence-electron chi connectivity index (χ1n) is 10.6. The van der Waals surface area contributed by atoms with Crippen LogP contribution in [0.25, 0.3) is 0 Å². The number of aliphatic hydroxyl groups excluding tert-OH is 1. The van der Waals surface area contributed by atoms with Crippen molar-refractivity contribution in [2.45, 2.75) is 48.4 Å². The second-order valence-electron chi connectivity index (χ2n) is 8.66. The van der Waals surface area contributed by atoms with Crippen LogP contribution in [0.3, 0.4) is 0 Å². The second kappa shape index (κ2) is 8.31. The Morgan fingerprint density at radius 1 is 1.39 bits per heavy atom. The van der Waals surface area contributed by atoms with E-state index in [-0.39, 0.29) is 23.7 Å². The molecule has 1 aromatic rings. The molecule has 2 bridgehead atoms. The summed E-state index contributed by atoms with van der Waals surface area (Å²) in [5, 5.41) is 19.5. The van der Waals surface area contributed by atoms with Crippen LogP contribution in [-0.4, -0.2) is 73.0 Å². The third kappa shape index (κ3) is 3.36. The summed E-state index contributed by atoms with van der Waals surface area (Å²) in [6.45, 7) is 5.89. The van der Waals surface area contributed by atoms with E-state index < -0.39 is 34.6 Å². The first-order chi connectivity index (χ1) is 14.9. The van der Waals surface area contributed by atoms with Crippen molar-refractivity contribution in [1.29, 1.82) is 0 Å². The van der Waals surface area contributed by atoms with Gasteiger partial charge < -0.3 is 20.0 Å². The SMILES string of the molecule is C=CCN(Cc1ccccc1)C(=O)C1N([C@H](C)CO)C(=O)[C@@H]2[C@@H](C(=O)O)[C@H]3CCC12S3. The van der Waals surface area contributed by atoms with Gasteiger partial charge in [0.2, 0.25) is 11.8 Å². The molecule has 2 N–H and O–H groups in total. The van der Waals surface area contributed by atoms with E-state index in [0.717, 1.165) is 5.56 Å². The molecule has 3 aliphatic rings. The number of carbonyl (C=O) groups is 3. The summed E-state index contributed by atoms with van der Waals surface area (Å²) >= 11 is 1.50. The van der Waals surface area contributed by atoms with E-state index in [9.17, 15) is 24.6 Å². The average Bonchev–Trinajstić information content (AvgIpc) is 3.40. The number of aliphatic carboxylic acids is 1. The Balaban J connectivity index is 1.74. The third-order valence-corrected chi connectivity index (χ3v) is 8.83. The first kappa shape index (κ1) is 21.9. The van der Waals surface area contributed by atoms with Crippen molar-refractivity contribution >= 4 is 29.5 Å². The molecule has 1 aromatic carbocycles. The Hall–Kier alpha value is -2.32. The summed E-state index contributed by atoms with van der Waals surface area (Å²) in [6.07, 6.45) is 2.96. The van der Waals surface area contributed by atoms with Gasteiger partial charge in [0.05, 0.1) is 29.2 Å². The van der Waals surface area contributed by atoms with Gasteiger partial charge >= 0.3 is 5.97 Å². The molecule has 0 aliphatic carbocycles. The van der Waals surface area contributed by atoms with Gasteiger partial charge in [-0.15, -0.1) is 18.3 Å². The van der Waals surface area contributed by atoms with E-state index in [0.29, 0.717) is 25.9 Å². The maximum absolute atomic E-state index is 14.0.